The Morgan fingerprint density at radius 2 is 1.74 bits per heavy atom. The van der Waals surface area contributed by atoms with Crippen LogP contribution in [0.5, 0.6) is 0 Å². The van der Waals surface area contributed by atoms with Gasteiger partial charge in [-0.1, -0.05) is 60.7 Å². The average molecular weight is 473 g/mol. The Morgan fingerprint density at radius 1 is 1.03 bits per heavy atom. The molecule has 3 rings (SSSR count). The number of alkyl halides is 3. The van der Waals surface area contributed by atoms with E-state index in [1.54, 1.807) is 11.0 Å². The van der Waals surface area contributed by atoms with Crippen molar-refractivity contribution in [3.05, 3.63) is 83.4 Å². The zero-order valence-corrected chi connectivity index (χ0v) is 18.8. The fraction of sp³-hybridized carbons (Fsp3) is 0.308. The molecule has 3 aromatic rings. The molecular weight excluding hydrogens is 445 g/mol. The highest BCUT2D eigenvalue weighted by atomic mass is 19.4. The molecule has 0 heterocycles. The summed E-state index contributed by atoms with van der Waals surface area (Å²) in [4.78, 5) is 26.1. The Hall–Kier alpha value is -3.39. The third-order valence-electron chi connectivity index (χ3n) is 5.76. The summed E-state index contributed by atoms with van der Waals surface area (Å²) in [5.41, 5.74) is 0.765. The van der Waals surface area contributed by atoms with Gasteiger partial charge in [0.05, 0.1) is 18.2 Å². The van der Waals surface area contributed by atoms with E-state index in [4.69, 9.17) is 5.11 Å². The lowest BCUT2D eigenvalue weighted by Crippen LogP contribution is -2.42. The molecule has 0 aromatic heterocycles. The zero-order valence-electron chi connectivity index (χ0n) is 18.8. The lowest BCUT2D eigenvalue weighted by molar-refractivity contribution is -0.137. The van der Waals surface area contributed by atoms with Crippen LogP contribution in [0, 0.1) is 0 Å². The summed E-state index contributed by atoms with van der Waals surface area (Å²) in [6.45, 7) is 1.17. The first kappa shape index (κ1) is 25.2. The molecule has 8 heteroatoms. The van der Waals surface area contributed by atoms with E-state index in [-0.39, 0.29) is 25.0 Å². The molecule has 34 heavy (non-hydrogen) atoms. The van der Waals surface area contributed by atoms with Gasteiger partial charge in [-0.25, -0.2) is 0 Å². The SMILES string of the molecule is CC(c1cccc2ccccc12)N(CCCc1cccc(C(F)(F)F)c1)C(=O)CNC(=O)CO. The van der Waals surface area contributed by atoms with Crippen molar-refractivity contribution < 1.29 is 27.9 Å². The van der Waals surface area contributed by atoms with Gasteiger partial charge in [0.25, 0.3) is 0 Å². The number of rotatable bonds is 9. The Morgan fingerprint density at radius 3 is 2.47 bits per heavy atom. The van der Waals surface area contributed by atoms with E-state index >= 15 is 0 Å². The van der Waals surface area contributed by atoms with Gasteiger partial charge >= 0.3 is 6.18 Å². The van der Waals surface area contributed by atoms with Crippen molar-refractivity contribution in [2.45, 2.75) is 32.0 Å². The molecule has 0 bridgehead atoms. The number of nitrogens with one attached hydrogen (secondary N) is 1. The van der Waals surface area contributed by atoms with Crippen molar-refractivity contribution in [2.75, 3.05) is 19.7 Å². The third-order valence-corrected chi connectivity index (χ3v) is 5.76. The summed E-state index contributed by atoms with van der Waals surface area (Å²) in [6.07, 6.45) is -3.61. The zero-order chi connectivity index (χ0) is 24.7. The molecule has 0 aliphatic heterocycles. The fourth-order valence-electron chi connectivity index (χ4n) is 4.01. The second kappa shape index (κ2) is 11.2. The number of amides is 2. The summed E-state index contributed by atoms with van der Waals surface area (Å²) < 4.78 is 39.1. The fourth-order valence-corrected chi connectivity index (χ4v) is 4.01. The second-order valence-electron chi connectivity index (χ2n) is 8.07. The first-order valence-electron chi connectivity index (χ1n) is 11.0. The number of aliphatic hydroxyl groups excluding tert-OH is 1. The highest BCUT2D eigenvalue weighted by Crippen LogP contribution is 2.31. The minimum Gasteiger partial charge on any atom is -0.387 e. The Balaban J connectivity index is 1.79. The van der Waals surface area contributed by atoms with Crippen LogP contribution in [0.3, 0.4) is 0 Å². The molecule has 1 atom stereocenters. The van der Waals surface area contributed by atoms with Crippen LogP contribution in [-0.2, 0) is 22.2 Å². The van der Waals surface area contributed by atoms with Gasteiger partial charge < -0.3 is 15.3 Å². The molecule has 2 N–H and O–H groups in total. The van der Waals surface area contributed by atoms with Gasteiger partial charge in [0.1, 0.15) is 6.61 Å². The van der Waals surface area contributed by atoms with Crippen LogP contribution in [0.1, 0.15) is 36.1 Å². The largest absolute Gasteiger partial charge is 0.416 e. The normalized spacial score (nSPS) is 12.4. The number of carbonyl (C=O) groups excluding carboxylic acids is 2. The monoisotopic (exact) mass is 472 g/mol. The number of aryl methyl sites for hydroxylation is 1. The number of hydrogen-bond acceptors (Lipinski definition) is 3. The summed E-state index contributed by atoms with van der Waals surface area (Å²) in [5, 5.41) is 13.3. The first-order valence-corrected chi connectivity index (χ1v) is 11.0. The van der Waals surface area contributed by atoms with Crippen molar-refractivity contribution in [3.63, 3.8) is 0 Å². The average Bonchev–Trinajstić information content (AvgIpc) is 2.84. The van der Waals surface area contributed by atoms with Crippen LogP contribution >= 0.6 is 0 Å². The van der Waals surface area contributed by atoms with Crippen molar-refractivity contribution in [1.82, 2.24) is 10.2 Å². The quantitative estimate of drug-likeness (QED) is 0.482. The maximum absolute atomic E-state index is 13.0. The third kappa shape index (κ3) is 6.35. The van der Waals surface area contributed by atoms with Crippen LogP contribution in [0.15, 0.2) is 66.7 Å². The molecule has 0 radical (unpaired) electrons. The Labute approximate surface area is 196 Å². The minimum absolute atomic E-state index is 0.280. The van der Waals surface area contributed by atoms with E-state index in [0.29, 0.717) is 18.4 Å². The molecule has 1 unspecified atom stereocenters. The molecule has 3 aromatic carbocycles. The van der Waals surface area contributed by atoms with Crippen molar-refractivity contribution >= 4 is 22.6 Å². The van der Waals surface area contributed by atoms with Gasteiger partial charge in [-0.05, 0) is 47.7 Å². The van der Waals surface area contributed by atoms with Crippen LogP contribution < -0.4 is 5.32 Å². The van der Waals surface area contributed by atoms with E-state index in [1.165, 1.54) is 6.07 Å². The van der Waals surface area contributed by atoms with Crippen LogP contribution in [0.4, 0.5) is 13.2 Å². The maximum atomic E-state index is 13.0. The van der Waals surface area contributed by atoms with Crippen LogP contribution in [0.25, 0.3) is 10.8 Å². The number of halogens is 3. The van der Waals surface area contributed by atoms with Crippen LogP contribution in [-0.4, -0.2) is 41.5 Å². The number of hydrogen-bond donors (Lipinski definition) is 2. The molecular formula is C26H27F3N2O3. The predicted octanol–water partition coefficient (Wildman–Crippen LogP) is 4.49. The van der Waals surface area contributed by atoms with E-state index in [0.717, 1.165) is 28.5 Å². The highest BCUT2D eigenvalue weighted by Gasteiger charge is 2.30. The van der Waals surface area contributed by atoms with Crippen LogP contribution in [0.2, 0.25) is 0 Å². The van der Waals surface area contributed by atoms with E-state index < -0.39 is 24.3 Å². The highest BCUT2D eigenvalue weighted by molar-refractivity contribution is 5.88. The van der Waals surface area contributed by atoms with Crippen molar-refractivity contribution in [3.8, 4) is 0 Å². The minimum atomic E-state index is -4.41. The first-order chi connectivity index (χ1) is 16.2. The molecule has 0 saturated heterocycles. The number of aliphatic hydroxyl groups is 1. The van der Waals surface area contributed by atoms with Gasteiger partial charge in [-0.2, -0.15) is 13.2 Å². The van der Waals surface area contributed by atoms with Gasteiger partial charge in [0.2, 0.25) is 11.8 Å². The Kier molecular flexibility index (Phi) is 8.28. The standard InChI is InChI=1S/C26H27F3N2O3/c1-18(22-13-5-10-20-9-2-3-12-23(20)22)31(25(34)16-30-24(33)17-32)14-6-8-19-7-4-11-21(15-19)26(27,28)29/h2-5,7,9-13,15,18,32H,6,8,14,16-17H2,1H3,(H,30,33). The van der Waals surface area contributed by atoms with Crippen molar-refractivity contribution in [2.24, 2.45) is 0 Å². The molecule has 0 fully saturated rings. The summed E-state index contributed by atoms with van der Waals surface area (Å²) in [7, 11) is 0. The topological polar surface area (TPSA) is 69.6 Å². The lowest BCUT2D eigenvalue weighted by Gasteiger charge is -2.31. The Bertz CT molecular complexity index is 1140. The maximum Gasteiger partial charge on any atom is 0.416 e. The predicted molar refractivity (Wildman–Crippen MR) is 124 cm³/mol. The van der Waals surface area contributed by atoms with Gasteiger partial charge in [0.15, 0.2) is 0 Å². The molecule has 5 nitrogen and oxygen atoms in total. The summed E-state index contributed by atoms with van der Waals surface area (Å²) in [6, 6.07) is 18.5. The van der Waals surface area contributed by atoms with E-state index in [9.17, 15) is 22.8 Å². The number of fused-ring (bicyclic) bond motifs is 1. The molecule has 0 saturated carbocycles. The molecule has 0 aliphatic carbocycles. The van der Waals surface area contributed by atoms with Crippen molar-refractivity contribution in [1.29, 1.82) is 0 Å². The van der Waals surface area contributed by atoms with Gasteiger partial charge in [0, 0.05) is 6.54 Å². The molecule has 180 valence electrons. The number of benzene rings is 3. The summed E-state index contributed by atoms with van der Waals surface area (Å²) >= 11 is 0. The van der Waals surface area contributed by atoms with Gasteiger partial charge in [-0.15, -0.1) is 0 Å². The summed E-state index contributed by atoms with van der Waals surface area (Å²) in [5.74, 6) is -0.999. The second-order valence-corrected chi connectivity index (χ2v) is 8.07. The number of carbonyl (C=O) groups is 2. The molecule has 2 amide bonds. The number of nitrogens with zero attached hydrogens (tertiary/aromatic N) is 1. The van der Waals surface area contributed by atoms with E-state index in [2.05, 4.69) is 5.32 Å². The smallest absolute Gasteiger partial charge is 0.387 e. The molecule has 0 spiro atoms. The molecule has 0 aliphatic rings. The van der Waals surface area contributed by atoms with E-state index in [1.807, 2.05) is 49.4 Å². The van der Waals surface area contributed by atoms with Gasteiger partial charge in [-0.3, -0.25) is 9.59 Å². The lowest BCUT2D eigenvalue weighted by atomic mass is 9.98.